The van der Waals surface area contributed by atoms with Gasteiger partial charge in [0.2, 0.25) is 0 Å². The minimum atomic E-state index is -0.198. The predicted molar refractivity (Wildman–Crippen MR) is 86.9 cm³/mol. The van der Waals surface area contributed by atoms with Crippen LogP contribution < -0.4 is 20.1 Å². The van der Waals surface area contributed by atoms with Crippen molar-refractivity contribution in [1.29, 1.82) is 0 Å². The second kappa shape index (κ2) is 8.48. The van der Waals surface area contributed by atoms with Crippen LogP contribution in [0, 0.1) is 0 Å². The molecule has 2 N–H and O–H groups in total. The van der Waals surface area contributed by atoms with Gasteiger partial charge in [-0.2, -0.15) is 0 Å². The third-order valence-electron chi connectivity index (χ3n) is 3.63. The van der Waals surface area contributed by atoms with E-state index in [2.05, 4.69) is 29.4 Å². The average Bonchev–Trinajstić information content (AvgIpc) is 2.55. The highest BCUT2D eigenvalue weighted by atomic mass is 16.6. The van der Waals surface area contributed by atoms with Gasteiger partial charge in [-0.25, -0.2) is 4.79 Å². The second-order valence-corrected chi connectivity index (χ2v) is 5.12. The van der Waals surface area contributed by atoms with Crippen molar-refractivity contribution in [3.8, 4) is 11.5 Å². The van der Waals surface area contributed by atoms with E-state index in [4.69, 9.17) is 9.47 Å². The molecule has 22 heavy (non-hydrogen) atoms. The third kappa shape index (κ3) is 4.80. The van der Waals surface area contributed by atoms with Crippen LogP contribution in [-0.2, 0) is 0 Å². The molecule has 122 valence electrons. The summed E-state index contributed by atoms with van der Waals surface area (Å²) in [5.41, 5.74) is 0.700. The molecule has 0 radical (unpaired) electrons. The van der Waals surface area contributed by atoms with Gasteiger partial charge in [-0.3, -0.25) is 0 Å². The predicted octanol–water partition coefficient (Wildman–Crippen LogP) is 2.31. The number of urea groups is 1. The van der Waals surface area contributed by atoms with Crippen LogP contribution in [0.5, 0.6) is 11.5 Å². The van der Waals surface area contributed by atoms with E-state index in [1.165, 1.54) is 0 Å². The molecule has 6 heteroatoms. The molecular weight excluding hydrogens is 282 g/mol. The summed E-state index contributed by atoms with van der Waals surface area (Å²) in [6, 6.07) is 5.20. The molecule has 1 aromatic rings. The number of ether oxygens (including phenoxy) is 2. The fraction of sp³-hybridized carbons (Fsp3) is 0.562. The van der Waals surface area contributed by atoms with Crippen LogP contribution in [-0.4, -0.2) is 50.3 Å². The Kier molecular flexibility index (Phi) is 6.33. The molecule has 0 aliphatic carbocycles. The Labute approximate surface area is 131 Å². The summed E-state index contributed by atoms with van der Waals surface area (Å²) in [7, 11) is 0. The van der Waals surface area contributed by atoms with Crippen molar-refractivity contribution in [2.75, 3.05) is 44.7 Å². The van der Waals surface area contributed by atoms with Crippen molar-refractivity contribution < 1.29 is 14.3 Å². The molecular formula is C16H25N3O3. The SMILES string of the molecule is CCN(CC)CCCNC(=O)Nc1ccc2c(c1)OCCO2. The molecule has 0 atom stereocenters. The lowest BCUT2D eigenvalue weighted by Crippen LogP contribution is -2.32. The largest absolute Gasteiger partial charge is 0.486 e. The van der Waals surface area contributed by atoms with Crippen molar-refractivity contribution in [2.45, 2.75) is 20.3 Å². The molecule has 1 aromatic carbocycles. The molecule has 0 fully saturated rings. The Morgan fingerprint density at radius 1 is 1.18 bits per heavy atom. The summed E-state index contributed by atoms with van der Waals surface area (Å²) in [6.07, 6.45) is 0.941. The zero-order valence-corrected chi connectivity index (χ0v) is 13.4. The molecule has 2 rings (SSSR count). The van der Waals surface area contributed by atoms with Gasteiger partial charge in [-0.05, 0) is 38.2 Å². The van der Waals surface area contributed by atoms with Gasteiger partial charge in [0.15, 0.2) is 11.5 Å². The number of rotatable bonds is 7. The van der Waals surface area contributed by atoms with Gasteiger partial charge in [0, 0.05) is 18.3 Å². The quantitative estimate of drug-likeness (QED) is 0.759. The first-order valence-corrected chi connectivity index (χ1v) is 7.89. The van der Waals surface area contributed by atoms with Crippen molar-refractivity contribution in [3.63, 3.8) is 0 Å². The van der Waals surface area contributed by atoms with E-state index in [9.17, 15) is 4.79 Å². The maximum Gasteiger partial charge on any atom is 0.319 e. The summed E-state index contributed by atoms with van der Waals surface area (Å²) < 4.78 is 10.9. The lowest BCUT2D eigenvalue weighted by atomic mass is 10.2. The lowest BCUT2D eigenvalue weighted by molar-refractivity contribution is 0.171. The summed E-state index contributed by atoms with van der Waals surface area (Å²) in [4.78, 5) is 14.2. The Bertz CT molecular complexity index is 490. The average molecular weight is 307 g/mol. The Hall–Kier alpha value is -1.95. The standard InChI is InChI=1S/C16H25N3O3/c1-3-19(4-2)9-5-8-17-16(20)18-13-6-7-14-15(12-13)22-11-10-21-14/h6-7,12H,3-5,8-11H2,1-2H3,(H2,17,18,20). The number of anilines is 1. The molecule has 0 bridgehead atoms. The molecule has 0 saturated heterocycles. The van der Waals surface area contributed by atoms with Crippen molar-refractivity contribution in [1.82, 2.24) is 10.2 Å². The molecule has 1 aliphatic rings. The first-order chi connectivity index (χ1) is 10.7. The maximum absolute atomic E-state index is 11.9. The number of hydrogen-bond acceptors (Lipinski definition) is 4. The number of amides is 2. The van der Waals surface area contributed by atoms with E-state index in [0.29, 0.717) is 31.2 Å². The smallest absolute Gasteiger partial charge is 0.319 e. The van der Waals surface area contributed by atoms with Crippen LogP contribution in [0.3, 0.4) is 0 Å². The van der Waals surface area contributed by atoms with E-state index >= 15 is 0 Å². The minimum Gasteiger partial charge on any atom is -0.486 e. The molecule has 0 saturated carbocycles. The number of benzene rings is 1. The van der Waals surface area contributed by atoms with Gasteiger partial charge in [-0.1, -0.05) is 13.8 Å². The number of carbonyl (C=O) groups is 1. The van der Waals surface area contributed by atoms with Crippen LogP contribution >= 0.6 is 0 Å². The fourth-order valence-corrected chi connectivity index (χ4v) is 2.34. The number of hydrogen-bond donors (Lipinski definition) is 2. The van der Waals surface area contributed by atoms with Gasteiger partial charge >= 0.3 is 6.03 Å². The molecule has 1 heterocycles. The van der Waals surface area contributed by atoms with E-state index < -0.39 is 0 Å². The van der Waals surface area contributed by atoms with Crippen LogP contribution in [0.15, 0.2) is 18.2 Å². The van der Waals surface area contributed by atoms with Crippen LogP contribution in [0.25, 0.3) is 0 Å². The first kappa shape index (κ1) is 16.4. The van der Waals surface area contributed by atoms with Gasteiger partial charge in [0.1, 0.15) is 13.2 Å². The van der Waals surface area contributed by atoms with Gasteiger partial charge in [-0.15, -0.1) is 0 Å². The van der Waals surface area contributed by atoms with Gasteiger partial charge in [0.05, 0.1) is 0 Å². The minimum absolute atomic E-state index is 0.198. The molecule has 0 unspecified atom stereocenters. The Morgan fingerprint density at radius 3 is 2.64 bits per heavy atom. The summed E-state index contributed by atoms with van der Waals surface area (Å²) in [5.74, 6) is 1.39. The Morgan fingerprint density at radius 2 is 1.91 bits per heavy atom. The third-order valence-corrected chi connectivity index (χ3v) is 3.63. The van der Waals surface area contributed by atoms with E-state index in [1.54, 1.807) is 6.07 Å². The molecule has 2 amide bonds. The molecule has 0 aromatic heterocycles. The molecule has 0 spiro atoms. The van der Waals surface area contributed by atoms with Gasteiger partial charge < -0.3 is 25.0 Å². The number of nitrogens with one attached hydrogen (secondary N) is 2. The highest BCUT2D eigenvalue weighted by Gasteiger charge is 2.12. The van der Waals surface area contributed by atoms with E-state index in [-0.39, 0.29) is 6.03 Å². The van der Waals surface area contributed by atoms with Crippen molar-refractivity contribution in [3.05, 3.63) is 18.2 Å². The fourth-order valence-electron chi connectivity index (χ4n) is 2.34. The summed E-state index contributed by atoms with van der Waals surface area (Å²) >= 11 is 0. The van der Waals surface area contributed by atoms with Crippen molar-refractivity contribution in [2.24, 2.45) is 0 Å². The highest BCUT2D eigenvalue weighted by Crippen LogP contribution is 2.32. The number of carbonyl (C=O) groups excluding carboxylic acids is 1. The van der Waals surface area contributed by atoms with E-state index in [0.717, 1.165) is 31.8 Å². The topological polar surface area (TPSA) is 62.8 Å². The molecule has 1 aliphatic heterocycles. The highest BCUT2D eigenvalue weighted by molar-refractivity contribution is 5.89. The molecule has 6 nitrogen and oxygen atoms in total. The van der Waals surface area contributed by atoms with Gasteiger partial charge in [0.25, 0.3) is 0 Å². The lowest BCUT2D eigenvalue weighted by Gasteiger charge is -2.19. The number of fused-ring (bicyclic) bond motifs is 1. The summed E-state index contributed by atoms with van der Waals surface area (Å²) in [5, 5.41) is 5.67. The maximum atomic E-state index is 11.9. The zero-order valence-electron chi connectivity index (χ0n) is 13.4. The first-order valence-electron chi connectivity index (χ1n) is 7.89. The summed E-state index contributed by atoms with van der Waals surface area (Å²) in [6.45, 7) is 9.13. The normalized spacial score (nSPS) is 13.0. The second-order valence-electron chi connectivity index (χ2n) is 5.12. The zero-order chi connectivity index (χ0) is 15.8. The van der Waals surface area contributed by atoms with E-state index in [1.807, 2.05) is 12.1 Å². The van der Waals surface area contributed by atoms with Crippen LogP contribution in [0.1, 0.15) is 20.3 Å². The van der Waals surface area contributed by atoms with Crippen molar-refractivity contribution >= 4 is 11.7 Å². The number of nitrogens with zero attached hydrogens (tertiary/aromatic N) is 1. The Balaban J connectivity index is 1.73. The van der Waals surface area contributed by atoms with Crippen LogP contribution in [0.2, 0.25) is 0 Å². The monoisotopic (exact) mass is 307 g/mol. The van der Waals surface area contributed by atoms with Crippen LogP contribution in [0.4, 0.5) is 10.5 Å².